The SMILES string of the molecule is NCC1(NC(=O)c2cc3c(cc2F)NC(=O)CC3)CCCC1. The van der Waals surface area contributed by atoms with Gasteiger partial charge in [0.2, 0.25) is 5.91 Å². The number of carbonyl (C=O) groups is 2. The summed E-state index contributed by atoms with van der Waals surface area (Å²) in [6.07, 6.45) is 4.58. The molecule has 6 heteroatoms. The summed E-state index contributed by atoms with van der Waals surface area (Å²) in [5, 5.41) is 5.55. The lowest BCUT2D eigenvalue weighted by atomic mass is 9.95. The summed E-state index contributed by atoms with van der Waals surface area (Å²) in [4.78, 5) is 23.8. The number of anilines is 1. The summed E-state index contributed by atoms with van der Waals surface area (Å²) in [6, 6.07) is 2.77. The van der Waals surface area contributed by atoms with Gasteiger partial charge in [0, 0.05) is 18.7 Å². The van der Waals surface area contributed by atoms with E-state index in [4.69, 9.17) is 5.73 Å². The van der Waals surface area contributed by atoms with Gasteiger partial charge >= 0.3 is 0 Å². The van der Waals surface area contributed by atoms with Crippen molar-refractivity contribution in [3.05, 3.63) is 29.1 Å². The summed E-state index contributed by atoms with van der Waals surface area (Å²) in [5.41, 5.74) is 6.67. The quantitative estimate of drug-likeness (QED) is 0.795. The Bertz CT molecular complexity index is 624. The molecule has 0 bridgehead atoms. The standard InChI is InChI=1S/C16H20FN3O2/c17-12-8-13-10(3-4-14(21)19-13)7-11(12)15(22)20-16(9-18)5-1-2-6-16/h7-8H,1-6,9,18H2,(H,19,21)(H,20,22). The van der Waals surface area contributed by atoms with Crippen LogP contribution in [0.2, 0.25) is 0 Å². The van der Waals surface area contributed by atoms with Crippen LogP contribution in [0.4, 0.5) is 10.1 Å². The van der Waals surface area contributed by atoms with Gasteiger partial charge in [0.25, 0.3) is 5.91 Å². The fraction of sp³-hybridized carbons (Fsp3) is 0.500. The number of hydrogen-bond acceptors (Lipinski definition) is 3. The second kappa shape index (κ2) is 5.68. The summed E-state index contributed by atoms with van der Waals surface area (Å²) >= 11 is 0. The summed E-state index contributed by atoms with van der Waals surface area (Å²) in [6.45, 7) is 0.362. The van der Waals surface area contributed by atoms with Crippen molar-refractivity contribution in [3.8, 4) is 0 Å². The first-order chi connectivity index (χ1) is 10.5. The molecule has 2 amide bonds. The molecular weight excluding hydrogens is 285 g/mol. The van der Waals surface area contributed by atoms with E-state index in [1.165, 1.54) is 6.07 Å². The molecule has 1 heterocycles. The van der Waals surface area contributed by atoms with E-state index in [0.717, 1.165) is 31.2 Å². The predicted octanol–water partition coefficient (Wildman–Crippen LogP) is 1.71. The van der Waals surface area contributed by atoms with Gasteiger partial charge in [-0.1, -0.05) is 12.8 Å². The zero-order valence-electron chi connectivity index (χ0n) is 12.4. The number of amides is 2. The zero-order chi connectivity index (χ0) is 15.7. The first-order valence-electron chi connectivity index (χ1n) is 7.68. The minimum atomic E-state index is -0.622. The minimum Gasteiger partial charge on any atom is -0.345 e. The lowest BCUT2D eigenvalue weighted by Crippen LogP contribution is -2.51. The van der Waals surface area contributed by atoms with Crippen LogP contribution in [0.25, 0.3) is 0 Å². The van der Waals surface area contributed by atoms with Gasteiger partial charge < -0.3 is 16.4 Å². The molecule has 0 saturated heterocycles. The maximum absolute atomic E-state index is 14.2. The van der Waals surface area contributed by atoms with Gasteiger partial charge in [-0.2, -0.15) is 0 Å². The molecule has 1 aliphatic carbocycles. The lowest BCUT2D eigenvalue weighted by molar-refractivity contribution is -0.116. The average Bonchev–Trinajstić information content (AvgIpc) is 2.95. The van der Waals surface area contributed by atoms with Crippen molar-refractivity contribution >= 4 is 17.5 Å². The second-order valence-corrected chi connectivity index (χ2v) is 6.18. The number of rotatable bonds is 3. The first-order valence-corrected chi connectivity index (χ1v) is 7.68. The molecule has 0 atom stereocenters. The Balaban J connectivity index is 1.85. The Hall–Kier alpha value is -1.95. The number of fused-ring (bicyclic) bond motifs is 1. The number of aryl methyl sites for hydroxylation is 1. The number of halogens is 1. The van der Waals surface area contributed by atoms with E-state index in [1.54, 1.807) is 6.07 Å². The molecule has 1 aromatic carbocycles. The molecule has 3 rings (SSSR count). The largest absolute Gasteiger partial charge is 0.345 e. The van der Waals surface area contributed by atoms with E-state index < -0.39 is 17.3 Å². The van der Waals surface area contributed by atoms with Gasteiger partial charge in [0.05, 0.1) is 11.1 Å². The molecule has 2 aliphatic rings. The van der Waals surface area contributed by atoms with Crippen LogP contribution >= 0.6 is 0 Å². The van der Waals surface area contributed by atoms with Crippen LogP contribution in [-0.2, 0) is 11.2 Å². The van der Waals surface area contributed by atoms with E-state index in [1.807, 2.05) is 0 Å². The maximum atomic E-state index is 14.2. The molecule has 1 aliphatic heterocycles. The van der Waals surface area contributed by atoms with Gasteiger partial charge in [-0.25, -0.2) is 4.39 Å². The van der Waals surface area contributed by atoms with Crippen molar-refractivity contribution in [2.24, 2.45) is 5.73 Å². The normalized spacial score (nSPS) is 19.5. The molecule has 1 aromatic rings. The van der Waals surface area contributed by atoms with Crippen molar-refractivity contribution in [1.82, 2.24) is 5.32 Å². The van der Waals surface area contributed by atoms with E-state index in [2.05, 4.69) is 10.6 Å². The van der Waals surface area contributed by atoms with Crippen molar-refractivity contribution in [3.63, 3.8) is 0 Å². The van der Waals surface area contributed by atoms with Crippen LogP contribution in [0.1, 0.15) is 48.0 Å². The monoisotopic (exact) mass is 305 g/mol. The molecule has 4 N–H and O–H groups in total. The Morgan fingerprint density at radius 1 is 1.32 bits per heavy atom. The highest BCUT2D eigenvalue weighted by atomic mass is 19.1. The number of benzene rings is 1. The molecule has 0 radical (unpaired) electrons. The number of hydrogen-bond donors (Lipinski definition) is 3. The number of nitrogens with one attached hydrogen (secondary N) is 2. The molecule has 118 valence electrons. The van der Waals surface area contributed by atoms with E-state index in [9.17, 15) is 14.0 Å². The molecule has 1 saturated carbocycles. The van der Waals surface area contributed by atoms with Crippen molar-refractivity contribution in [2.45, 2.75) is 44.1 Å². The number of carbonyl (C=O) groups excluding carboxylic acids is 2. The van der Waals surface area contributed by atoms with Gasteiger partial charge in [0.1, 0.15) is 5.82 Å². The van der Waals surface area contributed by atoms with Gasteiger partial charge in [-0.15, -0.1) is 0 Å². The molecule has 0 aromatic heterocycles. The maximum Gasteiger partial charge on any atom is 0.254 e. The third kappa shape index (κ3) is 2.70. The molecule has 5 nitrogen and oxygen atoms in total. The molecule has 22 heavy (non-hydrogen) atoms. The molecular formula is C16H20FN3O2. The second-order valence-electron chi connectivity index (χ2n) is 6.18. The third-order valence-electron chi connectivity index (χ3n) is 4.66. The Morgan fingerprint density at radius 3 is 2.73 bits per heavy atom. The Labute approximate surface area is 128 Å². The molecule has 0 spiro atoms. The van der Waals surface area contributed by atoms with Crippen LogP contribution < -0.4 is 16.4 Å². The predicted molar refractivity (Wildman–Crippen MR) is 81.1 cm³/mol. The minimum absolute atomic E-state index is 0.0228. The van der Waals surface area contributed by atoms with Gasteiger partial charge in [-0.3, -0.25) is 9.59 Å². The molecule has 1 fully saturated rings. The van der Waals surface area contributed by atoms with E-state index in [-0.39, 0.29) is 11.5 Å². The highest BCUT2D eigenvalue weighted by Gasteiger charge is 2.34. The lowest BCUT2D eigenvalue weighted by Gasteiger charge is -2.29. The van der Waals surface area contributed by atoms with E-state index in [0.29, 0.717) is 25.1 Å². The molecule has 0 unspecified atom stereocenters. The zero-order valence-corrected chi connectivity index (χ0v) is 12.4. The Kier molecular flexibility index (Phi) is 3.87. The van der Waals surface area contributed by atoms with Crippen LogP contribution in [0.15, 0.2) is 12.1 Å². The summed E-state index contributed by atoms with van der Waals surface area (Å²) in [7, 11) is 0. The highest BCUT2D eigenvalue weighted by molar-refractivity contribution is 5.98. The van der Waals surface area contributed by atoms with Crippen molar-refractivity contribution in [1.29, 1.82) is 0 Å². The average molecular weight is 305 g/mol. The van der Waals surface area contributed by atoms with E-state index >= 15 is 0 Å². The van der Waals surface area contributed by atoms with Crippen LogP contribution in [0.5, 0.6) is 0 Å². The van der Waals surface area contributed by atoms with Crippen LogP contribution in [0, 0.1) is 5.82 Å². The van der Waals surface area contributed by atoms with Crippen molar-refractivity contribution in [2.75, 3.05) is 11.9 Å². The van der Waals surface area contributed by atoms with Crippen LogP contribution in [0.3, 0.4) is 0 Å². The fourth-order valence-electron chi connectivity index (χ4n) is 3.32. The van der Waals surface area contributed by atoms with Gasteiger partial charge in [0.15, 0.2) is 0 Å². The third-order valence-corrected chi connectivity index (χ3v) is 4.66. The fourth-order valence-corrected chi connectivity index (χ4v) is 3.32. The summed E-state index contributed by atoms with van der Waals surface area (Å²) < 4.78 is 14.2. The summed E-state index contributed by atoms with van der Waals surface area (Å²) in [5.74, 6) is -1.18. The first kappa shape index (κ1) is 15.0. The van der Waals surface area contributed by atoms with Gasteiger partial charge in [-0.05, 0) is 37.0 Å². The van der Waals surface area contributed by atoms with Crippen LogP contribution in [-0.4, -0.2) is 23.9 Å². The topological polar surface area (TPSA) is 84.2 Å². The Morgan fingerprint density at radius 2 is 2.05 bits per heavy atom. The number of nitrogens with two attached hydrogens (primary N) is 1. The highest BCUT2D eigenvalue weighted by Crippen LogP contribution is 2.30. The smallest absolute Gasteiger partial charge is 0.254 e. The van der Waals surface area contributed by atoms with Crippen molar-refractivity contribution < 1.29 is 14.0 Å².